The molecule has 12 nitrogen and oxygen atoms in total. The Hall–Kier alpha value is -3.43. The largest absolute Gasteiger partial charge is 0.489 e. The van der Waals surface area contributed by atoms with Crippen LogP contribution in [0.1, 0.15) is 81.1 Å². The first-order chi connectivity index (χ1) is 28.4. The number of piperazine rings is 1. The highest BCUT2D eigenvalue weighted by atomic mass is 35.5. The minimum absolute atomic E-state index is 0.0490. The SMILES string of the molecule is CC1(C)CCC(CN2CCN(c3ccc(C(=O)NS(=O)(=O)c4cnc(OCC5CCOCC5)c(Cl)c4)c(OC4CCCC5NNCC54)c3)CC2)=C(c2ccc(Cl)cc2)C1. The Morgan fingerprint density at radius 1 is 1.02 bits per heavy atom. The number of pyridine rings is 1. The van der Waals surface area contributed by atoms with E-state index >= 15 is 0 Å². The number of benzene rings is 2. The number of carbonyl (C=O) groups is 1. The lowest BCUT2D eigenvalue weighted by Gasteiger charge is -2.39. The van der Waals surface area contributed by atoms with Crippen LogP contribution in [-0.4, -0.2) is 95.4 Å². The zero-order valence-electron chi connectivity index (χ0n) is 34.0. The number of carbonyl (C=O) groups excluding carboxylic acids is 1. The molecule has 4 heterocycles. The summed E-state index contributed by atoms with van der Waals surface area (Å²) in [6, 6.07) is 15.3. The number of allylic oxidation sites excluding steroid dienone is 1. The number of hydrogen-bond acceptors (Lipinski definition) is 11. The summed E-state index contributed by atoms with van der Waals surface area (Å²) < 4.78 is 47.4. The van der Waals surface area contributed by atoms with E-state index in [2.05, 4.69) is 56.3 Å². The van der Waals surface area contributed by atoms with Crippen molar-refractivity contribution in [1.82, 2.24) is 25.5 Å². The van der Waals surface area contributed by atoms with E-state index in [4.69, 9.17) is 37.4 Å². The van der Waals surface area contributed by atoms with E-state index in [0.717, 1.165) is 101 Å². The number of amides is 1. The lowest BCUT2D eigenvalue weighted by atomic mass is 9.72. The highest BCUT2D eigenvalue weighted by molar-refractivity contribution is 7.90. The summed E-state index contributed by atoms with van der Waals surface area (Å²) in [7, 11) is -4.35. The number of aromatic nitrogens is 1. The van der Waals surface area contributed by atoms with Crippen molar-refractivity contribution in [3.05, 3.63) is 81.5 Å². The standard InChI is InChI=1S/C44H56Cl2N6O6S/c1-44(2)15-12-31(36(24-44)30-6-8-32(45)9-7-30)27-51-16-18-52(19-17-51)33-10-11-35(41(22-33)58-40-5-3-4-39-37(40)26-48-49-39)42(53)50-59(54,55)34-23-38(46)43(47-25-34)57-28-29-13-20-56-21-14-29/h6-11,22-23,25,29,37,39-40,48-49H,3-5,12-21,24,26-28H2,1-2H3,(H,50,53). The summed E-state index contributed by atoms with van der Waals surface area (Å²) in [6.07, 6.45) is 8.92. The first kappa shape index (κ1) is 42.3. The molecule has 3 unspecified atom stereocenters. The van der Waals surface area contributed by atoms with E-state index in [1.807, 2.05) is 24.3 Å². The third kappa shape index (κ3) is 10.2. The Balaban J connectivity index is 0.973. The fraction of sp³-hybridized carbons (Fsp3) is 0.545. The zero-order valence-corrected chi connectivity index (χ0v) is 36.3. The first-order valence-corrected chi connectivity index (χ1v) is 23.3. The van der Waals surface area contributed by atoms with Crippen LogP contribution in [0.15, 0.2) is 65.2 Å². The lowest BCUT2D eigenvalue weighted by Crippen LogP contribution is -2.47. The van der Waals surface area contributed by atoms with Crippen LogP contribution >= 0.6 is 23.2 Å². The molecular weight excluding hydrogens is 811 g/mol. The van der Waals surface area contributed by atoms with Gasteiger partial charge in [0.15, 0.2) is 0 Å². The van der Waals surface area contributed by atoms with Gasteiger partial charge in [-0.1, -0.05) is 54.8 Å². The van der Waals surface area contributed by atoms with Gasteiger partial charge in [-0.2, -0.15) is 0 Å². The summed E-state index contributed by atoms with van der Waals surface area (Å²) >= 11 is 12.7. The van der Waals surface area contributed by atoms with Gasteiger partial charge in [-0.25, -0.2) is 18.1 Å². The molecule has 0 spiro atoms. The summed E-state index contributed by atoms with van der Waals surface area (Å²) in [5.74, 6) is 0.251. The Labute approximate surface area is 358 Å². The van der Waals surface area contributed by atoms with Crippen LogP contribution in [0.2, 0.25) is 10.0 Å². The number of nitrogens with zero attached hydrogens (tertiary/aromatic N) is 3. The summed E-state index contributed by atoms with van der Waals surface area (Å²) in [5, 5.41) is 0.800. The lowest BCUT2D eigenvalue weighted by molar-refractivity contribution is 0.0490. The van der Waals surface area contributed by atoms with E-state index in [0.29, 0.717) is 31.5 Å². The molecule has 1 amide bonds. The van der Waals surface area contributed by atoms with Gasteiger partial charge >= 0.3 is 0 Å². The number of hydrazine groups is 1. The molecular formula is C44H56Cl2N6O6S. The highest BCUT2D eigenvalue weighted by Gasteiger charge is 2.39. The molecule has 2 aliphatic carbocycles. The van der Waals surface area contributed by atoms with Crippen molar-refractivity contribution in [3.63, 3.8) is 0 Å². The molecule has 5 aliphatic rings. The smallest absolute Gasteiger partial charge is 0.268 e. The van der Waals surface area contributed by atoms with Crippen LogP contribution in [0.25, 0.3) is 5.57 Å². The van der Waals surface area contributed by atoms with Crippen LogP contribution < -0.4 is 29.9 Å². The second kappa shape index (κ2) is 18.3. The second-order valence-corrected chi connectivity index (χ2v) is 20.0. The molecule has 0 bridgehead atoms. The van der Waals surface area contributed by atoms with E-state index in [-0.39, 0.29) is 44.8 Å². The van der Waals surface area contributed by atoms with Crippen LogP contribution in [0.3, 0.4) is 0 Å². The van der Waals surface area contributed by atoms with Gasteiger partial charge in [0.1, 0.15) is 21.8 Å². The van der Waals surface area contributed by atoms with Crippen molar-refractivity contribution >= 4 is 50.4 Å². The molecule has 4 fully saturated rings. The molecule has 3 aromatic rings. The van der Waals surface area contributed by atoms with E-state index in [1.165, 1.54) is 29.2 Å². The number of anilines is 1. The number of fused-ring (bicyclic) bond motifs is 1. The summed E-state index contributed by atoms with van der Waals surface area (Å²) in [4.78, 5) is 22.8. The minimum atomic E-state index is -4.35. The Bertz CT molecular complexity index is 2120. The van der Waals surface area contributed by atoms with Crippen LogP contribution in [0.5, 0.6) is 11.6 Å². The molecule has 3 N–H and O–H groups in total. The average Bonchev–Trinajstić information content (AvgIpc) is 3.72. The van der Waals surface area contributed by atoms with Gasteiger partial charge < -0.3 is 19.1 Å². The molecule has 2 aromatic carbocycles. The highest BCUT2D eigenvalue weighted by Crippen LogP contribution is 2.43. The Morgan fingerprint density at radius 3 is 2.56 bits per heavy atom. The zero-order chi connectivity index (χ0) is 41.1. The molecule has 3 aliphatic heterocycles. The van der Waals surface area contributed by atoms with Crippen LogP contribution in [0, 0.1) is 17.3 Å². The molecule has 3 saturated heterocycles. The van der Waals surface area contributed by atoms with Gasteiger partial charge in [0, 0.05) is 81.2 Å². The monoisotopic (exact) mass is 866 g/mol. The van der Waals surface area contributed by atoms with Crippen molar-refractivity contribution in [3.8, 4) is 11.6 Å². The molecule has 1 aromatic heterocycles. The fourth-order valence-electron chi connectivity index (χ4n) is 9.19. The van der Waals surface area contributed by atoms with Crippen LogP contribution in [-0.2, 0) is 14.8 Å². The Kier molecular flexibility index (Phi) is 13.1. The predicted octanol–water partition coefficient (Wildman–Crippen LogP) is 7.12. The van der Waals surface area contributed by atoms with Gasteiger partial charge in [-0.3, -0.25) is 20.5 Å². The van der Waals surface area contributed by atoms with Crippen molar-refractivity contribution < 1.29 is 27.4 Å². The maximum Gasteiger partial charge on any atom is 0.268 e. The molecule has 15 heteroatoms. The maximum absolute atomic E-state index is 13.9. The molecule has 3 atom stereocenters. The second-order valence-electron chi connectivity index (χ2n) is 17.5. The average molecular weight is 868 g/mol. The number of sulfonamides is 1. The molecule has 8 rings (SSSR count). The Morgan fingerprint density at radius 2 is 1.80 bits per heavy atom. The number of ether oxygens (including phenoxy) is 3. The number of hydrogen-bond donors (Lipinski definition) is 3. The third-order valence-corrected chi connectivity index (χ3v) is 14.6. The van der Waals surface area contributed by atoms with Crippen molar-refractivity contribution in [2.45, 2.75) is 82.3 Å². The van der Waals surface area contributed by atoms with Crippen molar-refractivity contribution in [2.75, 3.05) is 64.0 Å². The molecule has 59 heavy (non-hydrogen) atoms. The number of nitrogens with one attached hydrogen (secondary N) is 3. The maximum atomic E-state index is 13.9. The molecule has 1 saturated carbocycles. The van der Waals surface area contributed by atoms with Gasteiger partial charge in [0.25, 0.3) is 15.9 Å². The quantitative estimate of drug-likeness (QED) is 0.172. The van der Waals surface area contributed by atoms with Gasteiger partial charge in [0.2, 0.25) is 5.88 Å². The predicted molar refractivity (Wildman–Crippen MR) is 231 cm³/mol. The van der Waals surface area contributed by atoms with Gasteiger partial charge in [-0.15, -0.1) is 0 Å². The van der Waals surface area contributed by atoms with Crippen molar-refractivity contribution in [2.24, 2.45) is 17.3 Å². The fourth-order valence-corrected chi connectivity index (χ4v) is 10.5. The first-order valence-electron chi connectivity index (χ1n) is 21.1. The van der Waals surface area contributed by atoms with Crippen molar-refractivity contribution in [1.29, 1.82) is 0 Å². The normalized spacial score (nSPS) is 24.1. The topological polar surface area (TPSA) is 134 Å². The van der Waals surface area contributed by atoms with Gasteiger partial charge in [-0.05, 0) is 104 Å². The summed E-state index contributed by atoms with van der Waals surface area (Å²) in [6.45, 7) is 11.6. The van der Waals surface area contributed by atoms with Crippen LogP contribution in [0.4, 0.5) is 5.69 Å². The number of rotatable bonds is 12. The third-order valence-electron chi connectivity index (χ3n) is 12.8. The van der Waals surface area contributed by atoms with Gasteiger partial charge in [0.05, 0.1) is 18.4 Å². The molecule has 318 valence electrons. The van der Waals surface area contributed by atoms with E-state index in [9.17, 15) is 13.2 Å². The summed E-state index contributed by atoms with van der Waals surface area (Å²) in [5.41, 5.74) is 12.2. The minimum Gasteiger partial charge on any atom is -0.489 e. The van der Waals surface area contributed by atoms with E-state index in [1.54, 1.807) is 6.07 Å². The number of halogens is 2. The molecule has 0 radical (unpaired) electrons. The van der Waals surface area contributed by atoms with E-state index < -0.39 is 15.9 Å².